The van der Waals surface area contributed by atoms with E-state index in [1.54, 1.807) is 25.7 Å². The summed E-state index contributed by atoms with van der Waals surface area (Å²) in [6.07, 6.45) is 4.16. The van der Waals surface area contributed by atoms with Crippen LogP contribution in [0.2, 0.25) is 0 Å². The number of nitrogens with zero attached hydrogens (tertiary/aromatic N) is 2. The second kappa shape index (κ2) is 8.54. The highest BCUT2D eigenvalue weighted by Gasteiger charge is 2.36. The van der Waals surface area contributed by atoms with Crippen LogP contribution < -0.4 is 5.32 Å². The summed E-state index contributed by atoms with van der Waals surface area (Å²) in [4.78, 5) is 40.2. The summed E-state index contributed by atoms with van der Waals surface area (Å²) >= 11 is 0. The number of hydrogen-bond donors (Lipinski definition) is 1. The molecule has 3 amide bonds. The quantitative estimate of drug-likeness (QED) is 0.766. The van der Waals surface area contributed by atoms with Crippen molar-refractivity contribution < 1.29 is 19.1 Å². The van der Waals surface area contributed by atoms with Crippen molar-refractivity contribution in [1.29, 1.82) is 0 Å². The molecular weight excluding hydrogens is 322 g/mol. The minimum atomic E-state index is -0.529. The van der Waals surface area contributed by atoms with E-state index in [1.165, 1.54) is 0 Å². The van der Waals surface area contributed by atoms with E-state index in [1.807, 2.05) is 4.90 Å². The molecule has 2 heterocycles. The van der Waals surface area contributed by atoms with Gasteiger partial charge in [-0.1, -0.05) is 0 Å². The molecule has 142 valence electrons. The highest BCUT2D eigenvalue weighted by Crippen LogP contribution is 2.22. The van der Waals surface area contributed by atoms with Gasteiger partial charge in [-0.25, -0.2) is 4.79 Å². The van der Waals surface area contributed by atoms with Crippen molar-refractivity contribution in [3.63, 3.8) is 0 Å². The van der Waals surface area contributed by atoms with Crippen LogP contribution >= 0.6 is 0 Å². The third-order valence-corrected chi connectivity index (χ3v) is 4.51. The van der Waals surface area contributed by atoms with Crippen molar-refractivity contribution in [2.75, 3.05) is 26.2 Å². The number of likely N-dealkylation sites (tertiary alicyclic amines) is 2. The molecule has 2 aliphatic heterocycles. The number of carbonyl (C=O) groups excluding carboxylic acids is 3. The highest BCUT2D eigenvalue weighted by molar-refractivity contribution is 5.88. The van der Waals surface area contributed by atoms with Crippen molar-refractivity contribution in [3.05, 3.63) is 0 Å². The molecule has 0 spiro atoms. The highest BCUT2D eigenvalue weighted by atomic mass is 16.6. The Morgan fingerprint density at radius 3 is 2.40 bits per heavy atom. The van der Waals surface area contributed by atoms with Gasteiger partial charge in [0.05, 0.1) is 0 Å². The van der Waals surface area contributed by atoms with Gasteiger partial charge in [0.2, 0.25) is 11.8 Å². The molecule has 1 N–H and O–H groups in total. The number of carbonyl (C=O) groups is 3. The summed E-state index contributed by atoms with van der Waals surface area (Å²) < 4.78 is 5.15. The van der Waals surface area contributed by atoms with Crippen LogP contribution in [0.5, 0.6) is 0 Å². The fourth-order valence-electron chi connectivity index (χ4n) is 3.36. The van der Waals surface area contributed by atoms with Gasteiger partial charge in [-0.3, -0.25) is 9.59 Å². The lowest BCUT2D eigenvalue weighted by atomic mass is 10.2. The maximum absolute atomic E-state index is 12.6. The Hall–Kier alpha value is -1.79. The van der Waals surface area contributed by atoms with Crippen LogP contribution in [-0.4, -0.2) is 65.5 Å². The first-order chi connectivity index (χ1) is 11.8. The van der Waals surface area contributed by atoms with Gasteiger partial charge in [-0.2, -0.15) is 0 Å². The number of rotatable bonds is 5. The summed E-state index contributed by atoms with van der Waals surface area (Å²) in [7, 11) is 0. The molecule has 0 saturated carbocycles. The molecule has 0 aliphatic carbocycles. The summed E-state index contributed by atoms with van der Waals surface area (Å²) in [6, 6.07) is -0.288. The van der Waals surface area contributed by atoms with Gasteiger partial charge in [0.15, 0.2) is 0 Å². The molecule has 7 nitrogen and oxygen atoms in total. The average molecular weight is 353 g/mol. The Morgan fingerprint density at radius 1 is 1.08 bits per heavy atom. The monoisotopic (exact) mass is 353 g/mol. The largest absolute Gasteiger partial charge is 0.444 e. The van der Waals surface area contributed by atoms with Crippen molar-refractivity contribution in [1.82, 2.24) is 15.1 Å². The topological polar surface area (TPSA) is 79.0 Å². The molecule has 0 bridgehead atoms. The van der Waals surface area contributed by atoms with Gasteiger partial charge in [-0.15, -0.1) is 0 Å². The molecule has 1 atom stereocenters. The minimum absolute atomic E-state index is 0.000959. The van der Waals surface area contributed by atoms with Gasteiger partial charge >= 0.3 is 6.09 Å². The van der Waals surface area contributed by atoms with Gasteiger partial charge in [0.25, 0.3) is 0 Å². The molecule has 2 fully saturated rings. The summed E-state index contributed by atoms with van der Waals surface area (Å²) in [5.41, 5.74) is -0.529. The van der Waals surface area contributed by atoms with E-state index in [0.717, 1.165) is 38.8 Å². The SMILES string of the molecule is CC(C)(C)OC(=O)NCCCC(=O)N1CCC[C@H]1C(=O)N1CCCC1. The molecule has 0 aromatic rings. The fourth-order valence-corrected chi connectivity index (χ4v) is 3.36. The van der Waals surface area contributed by atoms with Gasteiger partial charge in [-0.05, 0) is 52.9 Å². The molecule has 2 saturated heterocycles. The van der Waals surface area contributed by atoms with Crippen LogP contribution in [0.25, 0.3) is 0 Å². The van der Waals surface area contributed by atoms with Crippen LogP contribution in [-0.2, 0) is 14.3 Å². The fraction of sp³-hybridized carbons (Fsp3) is 0.833. The Kier molecular flexibility index (Phi) is 6.67. The summed E-state index contributed by atoms with van der Waals surface area (Å²) in [5.74, 6) is 0.108. The number of amides is 3. The summed E-state index contributed by atoms with van der Waals surface area (Å²) in [5, 5.41) is 2.66. The van der Waals surface area contributed by atoms with E-state index in [-0.39, 0.29) is 17.9 Å². The van der Waals surface area contributed by atoms with Crippen LogP contribution in [0.15, 0.2) is 0 Å². The van der Waals surface area contributed by atoms with Gasteiger partial charge in [0, 0.05) is 32.6 Å². The Balaban J connectivity index is 1.72. The van der Waals surface area contributed by atoms with E-state index in [2.05, 4.69) is 5.32 Å². The second-order valence-corrected chi connectivity index (χ2v) is 7.81. The van der Waals surface area contributed by atoms with Gasteiger partial charge < -0.3 is 19.9 Å². The van der Waals surface area contributed by atoms with Crippen LogP contribution in [0, 0.1) is 0 Å². The Bertz CT molecular complexity index is 495. The lowest BCUT2D eigenvalue weighted by Crippen LogP contribution is -2.47. The standard InChI is InChI=1S/C18H31N3O4/c1-18(2,3)25-17(24)19-10-6-9-15(22)21-13-7-8-14(21)16(23)20-11-4-5-12-20/h14H,4-13H2,1-3H3,(H,19,24)/t14-/m0/s1. The zero-order chi connectivity index (χ0) is 18.4. The van der Waals surface area contributed by atoms with E-state index >= 15 is 0 Å². The number of hydrogen-bond acceptors (Lipinski definition) is 4. The average Bonchev–Trinajstić information content (AvgIpc) is 3.19. The predicted octanol–water partition coefficient (Wildman–Crippen LogP) is 1.90. The van der Waals surface area contributed by atoms with Crippen LogP contribution in [0.4, 0.5) is 4.79 Å². The van der Waals surface area contributed by atoms with E-state index in [9.17, 15) is 14.4 Å². The smallest absolute Gasteiger partial charge is 0.407 e. The Morgan fingerprint density at radius 2 is 1.76 bits per heavy atom. The van der Waals surface area contributed by atoms with E-state index in [4.69, 9.17) is 4.74 Å². The van der Waals surface area contributed by atoms with E-state index < -0.39 is 11.7 Å². The molecule has 0 aromatic heterocycles. The predicted molar refractivity (Wildman–Crippen MR) is 94.0 cm³/mol. The molecule has 2 rings (SSSR count). The van der Waals surface area contributed by atoms with Crippen LogP contribution in [0.3, 0.4) is 0 Å². The normalized spacial score (nSPS) is 20.7. The molecular formula is C18H31N3O4. The molecule has 7 heteroatoms. The zero-order valence-corrected chi connectivity index (χ0v) is 15.7. The maximum Gasteiger partial charge on any atom is 0.407 e. The molecule has 0 aromatic carbocycles. The third-order valence-electron chi connectivity index (χ3n) is 4.51. The first-order valence-corrected chi connectivity index (χ1v) is 9.33. The molecule has 2 aliphatic rings. The van der Waals surface area contributed by atoms with Crippen molar-refractivity contribution in [2.45, 2.75) is 70.9 Å². The maximum atomic E-state index is 12.6. The molecule has 25 heavy (non-hydrogen) atoms. The minimum Gasteiger partial charge on any atom is -0.444 e. The molecule has 0 radical (unpaired) electrons. The lowest BCUT2D eigenvalue weighted by Gasteiger charge is -2.28. The molecule has 0 unspecified atom stereocenters. The number of ether oxygens (including phenoxy) is 1. The first kappa shape index (κ1) is 19.5. The number of alkyl carbamates (subject to hydrolysis) is 1. The van der Waals surface area contributed by atoms with Crippen molar-refractivity contribution in [3.8, 4) is 0 Å². The zero-order valence-electron chi connectivity index (χ0n) is 15.7. The van der Waals surface area contributed by atoms with Gasteiger partial charge in [0.1, 0.15) is 11.6 Å². The van der Waals surface area contributed by atoms with Crippen LogP contribution in [0.1, 0.15) is 59.3 Å². The number of nitrogens with one attached hydrogen (secondary N) is 1. The van der Waals surface area contributed by atoms with Crippen molar-refractivity contribution in [2.24, 2.45) is 0 Å². The Labute approximate surface area is 150 Å². The first-order valence-electron chi connectivity index (χ1n) is 9.33. The third kappa shape index (κ3) is 5.90. The van der Waals surface area contributed by atoms with E-state index in [0.29, 0.717) is 25.9 Å². The van der Waals surface area contributed by atoms with Crippen molar-refractivity contribution >= 4 is 17.9 Å². The second-order valence-electron chi connectivity index (χ2n) is 7.81. The summed E-state index contributed by atoms with van der Waals surface area (Å²) in [6.45, 7) is 8.10. The lowest BCUT2D eigenvalue weighted by molar-refractivity contribution is -0.143.